The number of sulfonamides is 1. The molecule has 0 radical (unpaired) electrons. The molecular formula is C21H16FN3O3S. The molecule has 4 rings (SSSR count). The lowest BCUT2D eigenvalue weighted by Gasteiger charge is -2.08. The molecule has 0 atom stereocenters. The molecule has 4 aromatic rings. The van der Waals surface area contributed by atoms with Gasteiger partial charge in [-0.3, -0.25) is 4.72 Å². The van der Waals surface area contributed by atoms with E-state index in [-0.39, 0.29) is 4.90 Å². The topological polar surface area (TPSA) is 85.1 Å². The molecule has 3 aromatic carbocycles. The predicted octanol–water partition coefficient (Wildman–Crippen LogP) is 4.65. The third-order valence-corrected chi connectivity index (χ3v) is 5.61. The Hall–Kier alpha value is -3.52. The van der Waals surface area contributed by atoms with Gasteiger partial charge in [0.1, 0.15) is 5.82 Å². The summed E-state index contributed by atoms with van der Waals surface area (Å²) in [5, 5.41) is 3.99. The fourth-order valence-electron chi connectivity index (χ4n) is 2.75. The first-order valence-electron chi connectivity index (χ1n) is 8.70. The zero-order valence-electron chi connectivity index (χ0n) is 15.3. The Balaban J connectivity index is 1.53. The minimum atomic E-state index is -3.81. The van der Waals surface area contributed by atoms with Gasteiger partial charge in [-0.05, 0) is 67.6 Å². The highest BCUT2D eigenvalue weighted by Gasteiger charge is 2.15. The van der Waals surface area contributed by atoms with E-state index in [9.17, 15) is 12.8 Å². The maximum absolute atomic E-state index is 13.0. The van der Waals surface area contributed by atoms with Gasteiger partial charge < -0.3 is 4.52 Å². The lowest BCUT2D eigenvalue weighted by Crippen LogP contribution is -2.12. The van der Waals surface area contributed by atoms with Crippen LogP contribution in [-0.2, 0) is 10.0 Å². The van der Waals surface area contributed by atoms with Crippen molar-refractivity contribution in [3.63, 3.8) is 0 Å². The summed E-state index contributed by atoms with van der Waals surface area (Å²) in [7, 11) is -3.81. The largest absolute Gasteiger partial charge is 0.334 e. The molecule has 0 saturated carbocycles. The number of halogens is 1. The molecular weight excluding hydrogens is 393 g/mol. The molecule has 146 valence electrons. The molecule has 0 bridgehead atoms. The van der Waals surface area contributed by atoms with E-state index in [1.807, 2.05) is 31.2 Å². The van der Waals surface area contributed by atoms with Gasteiger partial charge in [-0.25, -0.2) is 12.8 Å². The first-order valence-corrected chi connectivity index (χ1v) is 10.2. The van der Waals surface area contributed by atoms with Gasteiger partial charge in [0, 0.05) is 16.8 Å². The number of anilines is 1. The van der Waals surface area contributed by atoms with Crippen LogP contribution in [0.5, 0.6) is 0 Å². The molecule has 0 amide bonds. The number of benzene rings is 3. The van der Waals surface area contributed by atoms with Gasteiger partial charge in [-0.15, -0.1) is 0 Å². The van der Waals surface area contributed by atoms with E-state index < -0.39 is 15.8 Å². The Morgan fingerprint density at radius 3 is 2.34 bits per heavy atom. The SMILES string of the molecule is Cc1cccc(-c2nc(-c3ccc(NS(=O)(=O)c4ccc(F)cc4)cc3)no2)c1. The molecule has 0 aliphatic rings. The second kappa shape index (κ2) is 7.48. The molecule has 6 nitrogen and oxygen atoms in total. The summed E-state index contributed by atoms with van der Waals surface area (Å²) in [5.41, 5.74) is 2.95. The van der Waals surface area contributed by atoms with Crippen molar-refractivity contribution in [2.24, 2.45) is 0 Å². The second-order valence-corrected chi connectivity index (χ2v) is 8.11. The van der Waals surface area contributed by atoms with Crippen molar-refractivity contribution in [2.75, 3.05) is 4.72 Å². The highest BCUT2D eigenvalue weighted by Crippen LogP contribution is 2.24. The van der Waals surface area contributed by atoms with Crippen LogP contribution in [0.25, 0.3) is 22.8 Å². The zero-order chi connectivity index (χ0) is 20.4. The minimum absolute atomic E-state index is 0.0241. The number of rotatable bonds is 5. The van der Waals surface area contributed by atoms with Crippen molar-refractivity contribution in [3.05, 3.63) is 84.2 Å². The third-order valence-electron chi connectivity index (χ3n) is 4.21. The number of nitrogens with one attached hydrogen (secondary N) is 1. The van der Waals surface area contributed by atoms with Crippen molar-refractivity contribution in [1.82, 2.24) is 10.1 Å². The summed E-state index contributed by atoms with van der Waals surface area (Å²) in [6, 6.07) is 18.9. The van der Waals surface area contributed by atoms with E-state index >= 15 is 0 Å². The van der Waals surface area contributed by atoms with E-state index in [0.717, 1.165) is 23.3 Å². The molecule has 8 heteroatoms. The average molecular weight is 409 g/mol. The van der Waals surface area contributed by atoms with Crippen molar-refractivity contribution < 1.29 is 17.3 Å². The van der Waals surface area contributed by atoms with Gasteiger partial charge in [-0.2, -0.15) is 4.98 Å². The Bertz CT molecular complexity index is 1250. The van der Waals surface area contributed by atoms with Crippen LogP contribution in [0.4, 0.5) is 10.1 Å². The number of aromatic nitrogens is 2. The highest BCUT2D eigenvalue weighted by molar-refractivity contribution is 7.92. The first kappa shape index (κ1) is 18.8. The third kappa shape index (κ3) is 4.17. The van der Waals surface area contributed by atoms with Gasteiger partial charge in [0.15, 0.2) is 0 Å². The van der Waals surface area contributed by atoms with Gasteiger partial charge in [-0.1, -0.05) is 22.9 Å². The fourth-order valence-corrected chi connectivity index (χ4v) is 3.81. The van der Waals surface area contributed by atoms with Crippen LogP contribution in [0.2, 0.25) is 0 Å². The summed E-state index contributed by atoms with van der Waals surface area (Å²) in [4.78, 5) is 4.38. The summed E-state index contributed by atoms with van der Waals surface area (Å²) in [5.74, 6) is 0.303. The van der Waals surface area contributed by atoms with Gasteiger partial charge in [0.25, 0.3) is 15.9 Å². The Labute approximate surface area is 167 Å². The summed E-state index contributed by atoms with van der Waals surface area (Å²) in [6.45, 7) is 1.98. The van der Waals surface area contributed by atoms with Crippen LogP contribution in [0, 0.1) is 12.7 Å². The van der Waals surface area contributed by atoms with Gasteiger partial charge >= 0.3 is 0 Å². The zero-order valence-corrected chi connectivity index (χ0v) is 16.2. The molecule has 0 spiro atoms. The van der Waals surface area contributed by atoms with Crippen molar-refractivity contribution >= 4 is 15.7 Å². The Kier molecular flexibility index (Phi) is 4.85. The molecule has 1 aromatic heterocycles. The van der Waals surface area contributed by atoms with E-state index in [0.29, 0.717) is 23.0 Å². The van der Waals surface area contributed by atoms with Gasteiger partial charge in [0.05, 0.1) is 4.90 Å². The standard InChI is InChI=1S/C21H16FN3O3S/c1-14-3-2-4-16(13-14)21-23-20(24-28-21)15-5-9-18(10-6-15)25-29(26,27)19-11-7-17(22)8-12-19/h2-13,25H,1H3. The van der Waals surface area contributed by atoms with Crippen molar-refractivity contribution in [2.45, 2.75) is 11.8 Å². The molecule has 0 aliphatic carbocycles. The maximum Gasteiger partial charge on any atom is 0.261 e. The number of nitrogens with zero attached hydrogens (tertiary/aromatic N) is 2. The van der Waals surface area contributed by atoms with Crippen LogP contribution < -0.4 is 4.72 Å². The molecule has 0 aliphatic heterocycles. The lowest BCUT2D eigenvalue weighted by atomic mass is 10.1. The average Bonchev–Trinajstić information content (AvgIpc) is 3.19. The molecule has 0 saturated heterocycles. The van der Waals surface area contributed by atoms with Gasteiger partial charge in [0.2, 0.25) is 5.82 Å². The molecule has 1 N–H and O–H groups in total. The van der Waals surface area contributed by atoms with E-state index in [2.05, 4.69) is 14.9 Å². The number of hydrogen-bond acceptors (Lipinski definition) is 5. The van der Waals surface area contributed by atoms with Crippen LogP contribution in [0.15, 0.2) is 82.2 Å². The Morgan fingerprint density at radius 1 is 0.931 bits per heavy atom. The predicted molar refractivity (Wildman–Crippen MR) is 107 cm³/mol. The van der Waals surface area contributed by atoms with Crippen LogP contribution in [-0.4, -0.2) is 18.6 Å². The van der Waals surface area contributed by atoms with Crippen LogP contribution in [0.3, 0.4) is 0 Å². The fraction of sp³-hybridized carbons (Fsp3) is 0.0476. The normalized spacial score (nSPS) is 11.4. The van der Waals surface area contributed by atoms with Crippen LogP contribution >= 0.6 is 0 Å². The van der Waals surface area contributed by atoms with Crippen LogP contribution in [0.1, 0.15) is 5.56 Å². The molecule has 29 heavy (non-hydrogen) atoms. The molecule has 1 heterocycles. The smallest absolute Gasteiger partial charge is 0.261 e. The van der Waals surface area contributed by atoms with Crippen molar-refractivity contribution in [1.29, 1.82) is 0 Å². The van der Waals surface area contributed by atoms with Crippen molar-refractivity contribution in [3.8, 4) is 22.8 Å². The molecule has 0 unspecified atom stereocenters. The molecule has 0 fully saturated rings. The van der Waals surface area contributed by atoms with E-state index in [1.165, 1.54) is 12.1 Å². The van der Waals surface area contributed by atoms with E-state index in [4.69, 9.17) is 4.52 Å². The highest BCUT2D eigenvalue weighted by atomic mass is 32.2. The summed E-state index contributed by atoms with van der Waals surface area (Å²) >= 11 is 0. The monoisotopic (exact) mass is 409 g/mol. The van der Waals surface area contributed by atoms with E-state index in [1.54, 1.807) is 24.3 Å². The quantitative estimate of drug-likeness (QED) is 0.519. The minimum Gasteiger partial charge on any atom is -0.334 e. The second-order valence-electron chi connectivity index (χ2n) is 6.43. The maximum atomic E-state index is 13.0. The first-order chi connectivity index (χ1) is 13.9. The summed E-state index contributed by atoms with van der Waals surface area (Å²) < 4.78 is 45.6. The lowest BCUT2D eigenvalue weighted by molar-refractivity contribution is 0.432. The number of hydrogen-bond donors (Lipinski definition) is 1. The summed E-state index contributed by atoms with van der Waals surface area (Å²) in [6.07, 6.45) is 0. The number of aryl methyl sites for hydroxylation is 1. The Morgan fingerprint density at radius 2 is 1.66 bits per heavy atom.